The minimum atomic E-state index is -0.214. The van der Waals surface area contributed by atoms with Crippen LogP contribution in [0.5, 0.6) is 5.75 Å². The van der Waals surface area contributed by atoms with E-state index >= 15 is 0 Å². The summed E-state index contributed by atoms with van der Waals surface area (Å²) in [7, 11) is 0. The Kier molecular flexibility index (Phi) is 6.74. The molecule has 2 fully saturated rings. The quantitative estimate of drug-likeness (QED) is 0.734. The second-order valence-corrected chi connectivity index (χ2v) is 8.15. The smallest absolute Gasteiger partial charge is 0.319 e. The van der Waals surface area contributed by atoms with E-state index in [0.29, 0.717) is 12.6 Å². The van der Waals surface area contributed by atoms with Gasteiger partial charge in [-0.15, -0.1) is 0 Å². The van der Waals surface area contributed by atoms with Crippen LogP contribution in [0.4, 0.5) is 16.2 Å². The lowest BCUT2D eigenvalue weighted by atomic mass is 10.2. The zero-order chi connectivity index (χ0) is 20.8. The van der Waals surface area contributed by atoms with Crippen molar-refractivity contribution in [3.63, 3.8) is 0 Å². The molecule has 2 aliphatic rings. The van der Waals surface area contributed by atoms with Gasteiger partial charge in [0.2, 0.25) is 0 Å². The predicted octanol–water partition coefficient (Wildman–Crippen LogP) is 4.55. The van der Waals surface area contributed by atoms with Crippen LogP contribution in [0.2, 0.25) is 0 Å². The minimum Gasteiger partial charge on any atom is -0.490 e. The molecule has 1 aliphatic heterocycles. The molecule has 6 nitrogen and oxygen atoms in total. The van der Waals surface area contributed by atoms with Crippen molar-refractivity contribution in [1.29, 1.82) is 0 Å². The molecule has 1 aliphatic carbocycles. The Balaban J connectivity index is 1.22. The van der Waals surface area contributed by atoms with Crippen LogP contribution in [0.3, 0.4) is 0 Å². The first-order chi connectivity index (χ1) is 14.7. The fraction of sp³-hybridized carbons (Fsp3) is 0.458. The third kappa shape index (κ3) is 5.66. The molecule has 1 heterocycles. The summed E-state index contributed by atoms with van der Waals surface area (Å²) in [6.07, 6.45) is 5.42. The third-order valence-electron chi connectivity index (χ3n) is 5.71. The Morgan fingerprint density at radius 2 is 1.83 bits per heavy atom. The van der Waals surface area contributed by atoms with Crippen LogP contribution in [-0.4, -0.2) is 37.9 Å². The molecule has 0 aromatic heterocycles. The second kappa shape index (κ2) is 9.85. The van der Waals surface area contributed by atoms with Gasteiger partial charge >= 0.3 is 6.03 Å². The first kappa shape index (κ1) is 20.5. The monoisotopic (exact) mass is 409 g/mol. The number of nitrogens with one attached hydrogen (secondary N) is 2. The van der Waals surface area contributed by atoms with Crippen LogP contribution in [0, 0.1) is 0 Å². The summed E-state index contributed by atoms with van der Waals surface area (Å²) in [4.78, 5) is 14.5. The van der Waals surface area contributed by atoms with E-state index in [0.717, 1.165) is 55.2 Å². The second-order valence-electron chi connectivity index (χ2n) is 8.15. The summed E-state index contributed by atoms with van der Waals surface area (Å²) in [5, 5.41) is 5.80. The van der Waals surface area contributed by atoms with Crippen LogP contribution in [0.15, 0.2) is 48.5 Å². The van der Waals surface area contributed by atoms with Crippen LogP contribution in [0.1, 0.15) is 38.2 Å². The van der Waals surface area contributed by atoms with Gasteiger partial charge in [-0.25, -0.2) is 4.79 Å². The lowest BCUT2D eigenvalue weighted by Gasteiger charge is -2.33. The molecule has 1 atom stereocenters. The molecule has 30 heavy (non-hydrogen) atoms. The Morgan fingerprint density at radius 3 is 2.53 bits per heavy atom. The van der Waals surface area contributed by atoms with Gasteiger partial charge in [-0.05, 0) is 74.6 Å². The topological polar surface area (TPSA) is 62.8 Å². The number of carbonyl (C=O) groups excluding carboxylic acids is 1. The van der Waals surface area contributed by atoms with Crippen molar-refractivity contribution in [3.05, 3.63) is 54.1 Å². The molecular formula is C24H31N3O3. The van der Waals surface area contributed by atoms with Gasteiger partial charge in [0.1, 0.15) is 5.75 Å². The fourth-order valence-corrected chi connectivity index (χ4v) is 4.05. The van der Waals surface area contributed by atoms with Crippen molar-refractivity contribution >= 4 is 17.4 Å². The van der Waals surface area contributed by atoms with Gasteiger partial charge in [0.25, 0.3) is 0 Å². The van der Waals surface area contributed by atoms with Gasteiger partial charge < -0.3 is 25.0 Å². The summed E-state index contributed by atoms with van der Waals surface area (Å²) < 4.78 is 11.6. The third-order valence-corrected chi connectivity index (χ3v) is 5.71. The highest BCUT2D eigenvalue weighted by atomic mass is 16.5. The van der Waals surface area contributed by atoms with Gasteiger partial charge in [-0.3, -0.25) is 0 Å². The molecule has 0 spiro atoms. The molecule has 2 N–H and O–H groups in total. The highest BCUT2D eigenvalue weighted by Gasteiger charge is 2.17. The molecule has 2 aromatic rings. The lowest BCUT2D eigenvalue weighted by Crippen LogP contribution is -2.41. The van der Waals surface area contributed by atoms with Crippen LogP contribution < -0.4 is 20.3 Å². The van der Waals surface area contributed by atoms with E-state index in [1.807, 2.05) is 48.5 Å². The van der Waals surface area contributed by atoms with Crippen molar-refractivity contribution in [2.24, 2.45) is 0 Å². The van der Waals surface area contributed by atoms with Crippen molar-refractivity contribution in [1.82, 2.24) is 5.32 Å². The van der Waals surface area contributed by atoms with E-state index in [9.17, 15) is 4.79 Å². The molecule has 6 heteroatoms. The average molecular weight is 410 g/mol. The SMILES string of the molecule is CC1CN(c2ccc(NC(=O)NCc3ccc(OC4CCCC4)cc3)cc2)CCO1. The predicted molar refractivity (Wildman–Crippen MR) is 119 cm³/mol. The first-order valence-electron chi connectivity index (χ1n) is 10.9. The highest BCUT2D eigenvalue weighted by molar-refractivity contribution is 5.89. The van der Waals surface area contributed by atoms with Crippen LogP contribution in [0.25, 0.3) is 0 Å². The number of rotatable bonds is 6. The van der Waals surface area contributed by atoms with E-state index < -0.39 is 0 Å². The summed E-state index contributed by atoms with van der Waals surface area (Å²) >= 11 is 0. The Morgan fingerprint density at radius 1 is 1.10 bits per heavy atom. The maximum absolute atomic E-state index is 12.2. The number of nitrogens with zero attached hydrogens (tertiary/aromatic N) is 1. The van der Waals surface area contributed by atoms with E-state index in [1.54, 1.807) is 0 Å². The molecule has 1 saturated heterocycles. The number of ether oxygens (including phenoxy) is 2. The number of amides is 2. The van der Waals surface area contributed by atoms with Crippen molar-refractivity contribution in [2.45, 2.75) is 51.4 Å². The standard InChI is InChI=1S/C24H31N3O3/c1-18-17-27(14-15-29-18)21-10-8-20(9-11-21)26-24(28)25-16-19-6-12-23(13-7-19)30-22-4-2-3-5-22/h6-13,18,22H,2-5,14-17H2,1H3,(H2,25,26,28). The summed E-state index contributed by atoms with van der Waals surface area (Å²) in [6, 6.07) is 15.7. The van der Waals surface area contributed by atoms with Crippen molar-refractivity contribution in [3.8, 4) is 5.75 Å². The zero-order valence-electron chi connectivity index (χ0n) is 17.6. The highest BCUT2D eigenvalue weighted by Crippen LogP contribution is 2.24. The molecular weight excluding hydrogens is 378 g/mol. The summed E-state index contributed by atoms with van der Waals surface area (Å²) in [6.45, 7) is 5.08. The largest absolute Gasteiger partial charge is 0.490 e. The molecule has 0 radical (unpaired) electrons. The zero-order valence-corrected chi connectivity index (χ0v) is 17.6. The summed E-state index contributed by atoms with van der Waals surface area (Å²) in [5.41, 5.74) is 2.97. The summed E-state index contributed by atoms with van der Waals surface area (Å²) in [5.74, 6) is 0.907. The molecule has 1 unspecified atom stereocenters. The Bertz CT molecular complexity index is 817. The molecule has 0 bridgehead atoms. The number of benzene rings is 2. The maximum Gasteiger partial charge on any atom is 0.319 e. The number of hydrogen-bond donors (Lipinski definition) is 2. The maximum atomic E-state index is 12.2. The van der Waals surface area contributed by atoms with Gasteiger partial charge in [0, 0.05) is 31.0 Å². The van der Waals surface area contributed by atoms with Gasteiger partial charge in [-0.2, -0.15) is 0 Å². The Hall–Kier alpha value is -2.73. The Labute approximate surface area is 178 Å². The minimum absolute atomic E-state index is 0.214. The molecule has 4 rings (SSSR count). The normalized spacial score (nSPS) is 19.5. The van der Waals surface area contributed by atoms with Crippen LogP contribution in [-0.2, 0) is 11.3 Å². The van der Waals surface area contributed by atoms with E-state index in [4.69, 9.17) is 9.47 Å². The molecule has 1 saturated carbocycles. The van der Waals surface area contributed by atoms with Gasteiger partial charge in [0.15, 0.2) is 0 Å². The van der Waals surface area contributed by atoms with E-state index in [1.165, 1.54) is 12.8 Å². The van der Waals surface area contributed by atoms with Crippen molar-refractivity contribution < 1.29 is 14.3 Å². The number of morpholine rings is 1. The van der Waals surface area contributed by atoms with E-state index in [-0.39, 0.29) is 12.1 Å². The first-order valence-corrected chi connectivity index (χ1v) is 10.9. The number of hydrogen-bond acceptors (Lipinski definition) is 4. The number of urea groups is 1. The average Bonchev–Trinajstić information content (AvgIpc) is 3.27. The van der Waals surface area contributed by atoms with Gasteiger partial charge in [-0.1, -0.05) is 12.1 Å². The number of anilines is 2. The van der Waals surface area contributed by atoms with Crippen molar-refractivity contribution in [2.75, 3.05) is 29.9 Å². The molecule has 2 aromatic carbocycles. The van der Waals surface area contributed by atoms with Crippen LogP contribution >= 0.6 is 0 Å². The van der Waals surface area contributed by atoms with Gasteiger partial charge in [0.05, 0.1) is 18.8 Å². The number of carbonyl (C=O) groups is 1. The molecule has 160 valence electrons. The lowest BCUT2D eigenvalue weighted by molar-refractivity contribution is 0.0532. The molecule has 2 amide bonds. The van der Waals surface area contributed by atoms with E-state index in [2.05, 4.69) is 22.5 Å². The fourth-order valence-electron chi connectivity index (χ4n) is 4.05.